The van der Waals surface area contributed by atoms with E-state index in [2.05, 4.69) is 18.3 Å². The Morgan fingerprint density at radius 2 is 2.19 bits per heavy atom. The van der Waals surface area contributed by atoms with Crippen molar-refractivity contribution in [3.05, 3.63) is 35.4 Å². The van der Waals surface area contributed by atoms with Gasteiger partial charge in [0.2, 0.25) is 5.91 Å². The van der Waals surface area contributed by atoms with Crippen LogP contribution in [0.15, 0.2) is 24.3 Å². The predicted octanol–water partition coefficient (Wildman–Crippen LogP) is 2.30. The molecule has 1 fully saturated rings. The SMILES string of the molecule is CCCN(Cc1ccc(C#N)cc1)C(=O)C1CCCNC1. The monoisotopic (exact) mass is 285 g/mol. The number of hydrogen-bond acceptors (Lipinski definition) is 3. The highest BCUT2D eigenvalue weighted by Gasteiger charge is 2.25. The molecule has 0 bridgehead atoms. The fourth-order valence-electron chi connectivity index (χ4n) is 2.76. The van der Waals surface area contributed by atoms with Gasteiger partial charge in [-0.15, -0.1) is 0 Å². The summed E-state index contributed by atoms with van der Waals surface area (Å²) in [5.41, 5.74) is 1.74. The molecule has 112 valence electrons. The maximum atomic E-state index is 12.6. The zero-order valence-electron chi connectivity index (χ0n) is 12.6. The van der Waals surface area contributed by atoms with Gasteiger partial charge in [0.15, 0.2) is 0 Å². The molecule has 2 rings (SSSR count). The van der Waals surface area contributed by atoms with E-state index in [4.69, 9.17) is 5.26 Å². The van der Waals surface area contributed by atoms with Crippen LogP contribution in [0.1, 0.15) is 37.3 Å². The minimum atomic E-state index is 0.115. The van der Waals surface area contributed by atoms with Crippen molar-refractivity contribution in [2.75, 3.05) is 19.6 Å². The molecule has 1 N–H and O–H groups in total. The van der Waals surface area contributed by atoms with E-state index in [9.17, 15) is 4.79 Å². The maximum absolute atomic E-state index is 12.6. The molecule has 4 nitrogen and oxygen atoms in total. The van der Waals surface area contributed by atoms with E-state index in [0.717, 1.165) is 44.5 Å². The summed E-state index contributed by atoms with van der Waals surface area (Å²) in [7, 11) is 0. The molecule has 0 aliphatic carbocycles. The highest BCUT2D eigenvalue weighted by Crippen LogP contribution is 2.16. The quantitative estimate of drug-likeness (QED) is 0.903. The van der Waals surface area contributed by atoms with Gasteiger partial charge in [-0.2, -0.15) is 5.26 Å². The molecule has 1 amide bonds. The number of nitrogens with one attached hydrogen (secondary N) is 1. The van der Waals surface area contributed by atoms with Gasteiger partial charge in [0.25, 0.3) is 0 Å². The molecule has 1 aromatic carbocycles. The Hall–Kier alpha value is -1.86. The molecule has 1 atom stereocenters. The van der Waals surface area contributed by atoms with Gasteiger partial charge in [-0.05, 0) is 43.5 Å². The third kappa shape index (κ3) is 4.30. The summed E-state index contributed by atoms with van der Waals surface area (Å²) in [5, 5.41) is 12.1. The minimum absolute atomic E-state index is 0.115. The standard InChI is InChI=1S/C17H23N3O/c1-2-10-20(17(21)16-4-3-9-19-12-16)13-15-7-5-14(11-18)6-8-15/h5-8,16,19H,2-4,9-10,12-13H2,1H3. The Labute approximate surface area is 126 Å². The fraction of sp³-hybridized carbons (Fsp3) is 0.529. The summed E-state index contributed by atoms with van der Waals surface area (Å²) in [6, 6.07) is 9.62. The van der Waals surface area contributed by atoms with E-state index < -0.39 is 0 Å². The van der Waals surface area contributed by atoms with Crippen molar-refractivity contribution in [3.8, 4) is 6.07 Å². The molecule has 0 aromatic heterocycles. The molecule has 0 spiro atoms. The van der Waals surface area contributed by atoms with Crippen LogP contribution in [0, 0.1) is 17.2 Å². The zero-order valence-corrected chi connectivity index (χ0v) is 12.6. The molecular weight excluding hydrogens is 262 g/mol. The Morgan fingerprint density at radius 3 is 2.76 bits per heavy atom. The third-order valence-electron chi connectivity index (χ3n) is 3.91. The second-order valence-corrected chi connectivity index (χ2v) is 5.61. The van der Waals surface area contributed by atoms with Gasteiger partial charge >= 0.3 is 0 Å². The highest BCUT2D eigenvalue weighted by atomic mass is 16.2. The molecule has 1 heterocycles. The predicted molar refractivity (Wildman–Crippen MR) is 82.5 cm³/mol. The van der Waals surface area contributed by atoms with Crippen molar-refractivity contribution in [1.82, 2.24) is 10.2 Å². The number of hydrogen-bond donors (Lipinski definition) is 1. The van der Waals surface area contributed by atoms with Gasteiger partial charge in [-0.25, -0.2) is 0 Å². The number of amides is 1. The van der Waals surface area contributed by atoms with Gasteiger partial charge in [0.05, 0.1) is 17.6 Å². The van der Waals surface area contributed by atoms with Crippen molar-refractivity contribution >= 4 is 5.91 Å². The second kappa shape index (κ2) is 7.80. The van der Waals surface area contributed by atoms with Crippen LogP contribution in [-0.2, 0) is 11.3 Å². The van der Waals surface area contributed by atoms with E-state index >= 15 is 0 Å². The summed E-state index contributed by atoms with van der Waals surface area (Å²) in [4.78, 5) is 14.6. The van der Waals surface area contributed by atoms with Gasteiger partial charge in [0.1, 0.15) is 0 Å². The summed E-state index contributed by atoms with van der Waals surface area (Å²) in [6.07, 6.45) is 3.02. The average Bonchev–Trinajstić information content (AvgIpc) is 2.55. The van der Waals surface area contributed by atoms with Crippen molar-refractivity contribution < 1.29 is 4.79 Å². The largest absolute Gasteiger partial charge is 0.338 e. The zero-order chi connectivity index (χ0) is 15.1. The van der Waals surface area contributed by atoms with Gasteiger partial charge in [-0.3, -0.25) is 4.79 Å². The number of carbonyl (C=O) groups excluding carboxylic acids is 1. The first-order valence-corrected chi connectivity index (χ1v) is 7.73. The Kier molecular flexibility index (Phi) is 5.77. The summed E-state index contributed by atoms with van der Waals surface area (Å²) in [6.45, 7) is 5.34. The first kappa shape index (κ1) is 15.5. The number of rotatable bonds is 5. The van der Waals surface area contributed by atoms with Gasteiger partial charge in [0, 0.05) is 19.6 Å². The van der Waals surface area contributed by atoms with E-state index in [1.807, 2.05) is 29.2 Å². The first-order chi connectivity index (χ1) is 10.2. The number of nitrogens with zero attached hydrogens (tertiary/aromatic N) is 2. The summed E-state index contributed by atoms with van der Waals surface area (Å²) < 4.78 is 0. The van der Waals surface area contributed by atoms with E-state index in [-0.39, 0.29) is 11.8 Å². The first-order valence-electron chi connectivity index (χ1n) is 7.73. The van der Waals surface area contributed by atoms with Crippen molar-refractivity contribution in [2.45, 2.75) is 32.7 Å². The summed E-state index contributed by atoms with van der Waals surface area (Å²) >= 11 is 0. The Balaban J connectivity index is 2.03. The van der Waals surface area contributed by atoms with Crippen LogP contribution in [0.25, 0.3) is 0 Å². The van der Waals surface area contributed by atoms with Crippen LogP contribution >= 0.6 is 0 Å². The maximum Gasteiger partial charge on any atom is 0.227 e. The molecule has 1 saturated heterocycles. The van der Waals surface area contributed by atoms with Crippen LogP contribution < -0.4 is 5.32 Å². The number of carbonyl (C=O) groups is 1. The van der Waals surface area contributed by atoms with Crippen molar-refractivity contribution in [2.24, 2.45) is 5.92 Å². The lowest BCUT2D eigenvalue weighted by molar-refractivity contribution is -0.136. The molecule has 4 heteroatoms. The number of piperidine rings is 1. The fourth-order valence-corrected chi connectivity index (χ4v) is 2.76. The molecule has 0 radical (unpaired) electrons. The van der Waals surface area contributed by atoms with E-state index in [1.165, 1.54) is 0 Å². The number of benzene rings is 1. The lowest BCUT2D eigenvalue weighted by Crippen LogP contribution is -2.43. The molecular formula is C17H23N3O. The van der Waals surface area contributed by atoms with Gasteiger partial charge in [-0.1, -0.05) is 19.1 Å². The molecule has 1 aliphatic heterocycles. The van der Waals surface area contributed by atoms with Crippen LogP contribution in [0.4, 0.5) is 0 Å². The molecule has 1 unspecified atom stereocenters. The normalized spacial score (nSPS) is 18.0. The molecule has 1 aliphatic rings. The minimum Gasteiger partial charge on any atom is -0.338 e. The highest BCUT2D eigenvalue weighted by molar-refractivity contribution is 5.79. The Bertz CT molecular complexity index is 498. The topological polar surface area (TPSA) is 56.1 Å². The van der Waals surface area contributed by atoms with Crippen LogP contribution in [-0.4, -0.2) is 30.4 Å². The number of nitriles is 1. The van der Waals surface area contributed by atoms with Crippen LogP contribution in [0.2, 0.25) is 0 Å². The van der Waals surface area contributed by atoms with Crippen molar-refractivity contribution in [3.63, 3.8) is 0 Å². The average molecular weight is 285 g/mol. The molecule has 21 heavy (non-hydrogen) atoms. The molecule has 0 saturated carbocycles. The lowest BCUT2D eigenvalue weighted by atomic mass is 9.97. The van der Waals surface area contributed by atoms with Gasteiger partial charge < -0.3 is 10.2 Å². The smallest absolute Gasteiger partial charge is 0.227 e. The summed E-state index contributed by atoms with van der Waals surface area (Å²) in [5.74, 6) is 0.372. The van der Waals surface area contributed by atoms with Crippen molar-refractivity contribution in [1.29, 1.82) is 5.26 Å². The van der Waals surface area contributed by atoms with Crippen LogP contribution in [0.5, 0.6) is 0 Å². The Morgan fingerprint density at radius 1 is 1.43 bits per heavy atom. The van der Waals surface area contributed by atoms with Crippen LogP contribution in [0.3, 0.4) is 0 Å². The third-order valence-corrected chi connectivity index (χ3v) is 3.91. The van der Waals surface area contributed by atoms with E-state index in [1.54, 1.807) is 0 Å². The van der Waals surface area contributed by atoms with E-state index in [0.29, 0.717) is 12.1 Å². The lowest BCUT2D eigenvalue weighted by Gasteiger charge is -2.29. The second-order valence-electron chi connectivity index (χ2n) is 5.61. The molecule has 1 aromatic rings.